The van der Waals surface area contributed by atoms with Crippen molar-refractivity contribution in [1.82, 2.24) is 10.2 Å². The Hall–Kier alpha value is -2.42. The summed E-state index contributed by atoms with van der Waals surface area (Å²) < 4.78 is 12.8. The molecular formula is C37H54N2O6. The maximum Gasteiger partial charge on any atom is 0.249 e. The molecule has 3 N–H and O–H groups in total. The monoisotopic (exact) mass is 622 g/mol. The first-order valence-electron chi connectivity index (χ1n) is 17.5. The predicted molar refractivity (Wildman–Crippen MR) is 172 cm³/mol. The molecule has 10 atom stereocenters. The molecule has 0 aromatic heterocycles. The smallest absolute Gasteiger partial charge is 0.249 e. The van der Waals surface area contributed by atoms with Crippen LogP contribution in [0.5, 0.6) is 5.75 Å². The molecule has 8 heteroatoms. The van der Waals surface area contributed by atoms with Crippen LogP contribution in [-0.2, 0) is 14.3 Å². The van der Waals surface area contributed by atoms with E-state index in [1.807, 2.05) is 29.2 Å². The molecule has 2 amide bonds. The highest BCUT2D eigenvalue weighted by atomic mass is 16.5. The fraction of sp³-hybridized carbons (Fsp3) is 0.730. The Balaban J connectivity index is 1.31. The number of hydrogen-bond acceptors (Lipinski definition) is 6. The van der Waals surface area contributed by atoms with Crippen LogP contribution in [0.1, 0.15) is 84.6 Å². The summed E-state index contributed by atoms with van der Waals surface area (Å²) in [6.45, 7) is 11.9. The van der Waals surface area contributed by atoms with Crippen molar-refractivity contribution in [3.8, 4) is 5.75 Å². The molecule has 45 heavy (non-hydrogen) atoms. The Labute approximate surface area is 268 Å². The van der Waals surface area contributed by atoms with Gasteiger partial charge < -0.3 is 29.9 Å². The second-order valence-corrected chi connectivity index (χ2v) is 15.6. The minimum atomic E-state index is -1.02. The number of fused-ring (bicyclic) bond motifs is 5. The van der Waals surface area contributed by atoms with Gasteiger partial charge >= 0.3 is 0 Å². The van der Waals surface area contributed by atoms with Crippen LogP contribution in [-0.4, -0.2) is 77.6 Å². The van der Waals surface area contributed by atoms with E-state index in [9.17, 15) is 19.8 Å². The molecule has 1 aromatic rings. The summed E-state index contributed by atoms with van der Waals surface area (Å²) in [5.74, 6) is 2.77. The third-order valence-corrected chi connectivity index (χ3v) is 12.4. The van der Waals surface area contributed by atoms with Gasteiger partial charge in [-0.15, -0.1) is 0 Å². The highest BCUT2D eigenvalue weighted by Crippen LogP contribution is 2.61. The Morgan fingerprint density at radius 1 is 1.13 bits per heavy atom. The highest BCUT2D eigenvalue weighted by molar-refractivity contribution is 5.96. The maximum atomic E-state index is 14.4. The van der Waals surface area contributed by atoms with E-state index in [0.717, 1.165) is 37.2 Å². The average Bonchev–Trinajstić information content (AvgIpc) is 3.42. The average molecular weight is 623 g/mol. The molecule has 7 rings (SSSR count). The first kappa shape index (κ1) is 32.5. The molecule has 248 valence electrons. The lowest BCUT2D eigenvalue weighted by molar-refractivity contribution is -0.154. The second kappa shape index (κ2) is 13.0. The summed E-state index contributed by atoms with van der Waals surface area (Å²) in [5.41, 5.74) is 1.57. The van der Waals surface area contributed by atoms with Gasteiger partial charge in [0, 0.05) is 24.2 Å². The zero-order valence-electron chi connectivity index (χ0n) is 27.8. The van der Waals surface area contributed by atoms with Crippen molar-refractivity contribution < 1.29 is 29.3 Å². The van der Waals surface area contributed by atoms with Gasteiger partial charge in [-0.05, 0) is 85.2 Å². The lowest BCUT2D eigenvalue weighted by Gasteiger charge is -2.61. The number of benzene rings is 1. The van der Waals surface area contributed by atoms with E-state index >= 15 is 0 Å². The molecule has 0 unspecified atom stereocenters. The quantitative estimate of drug-likeness (QED) is 0.350. The molecule has 1 aliphatic heterocycles. The van der Waals surface area contributed by atoms with E-state index in [2.05, 4.69) is 39.9 Å². The highest BCUT2D eigenvalue weighted by Gasteiger charge is 2.56. The number of carbonyl (C=O) groups is 2. The van der Waals surface area contributed by atoms with Gasteiger partial charge in [0.05, 0.1) is 24.7 Å². The fourth-order valence-corrected chi connectivity index (χ4v) is 9.58. The van der Waals surface area contributed by atoms with Crippen molar-refractivity contribution >= 4 is 11.8 Å². The number of ether oxygens (including phenoxy) is 2. The van der Waals surface area contributed by atoms with Gasteiger partial charge in [-0.2, -0.15) is 0 Å². The van der Waals surface area contributed by atoms with Crippen LogP contribution in [0.2, 0.25) is 0 Å². The zero-order valence-corrected chi connectivity index (χ0v) is 27.8. The van der Waals surface area contributed by atoms with Crippen molar-refractivity contribution in [3.63, 3.8) is 0 Å². The van der Waals surface area contributed by atoms with Gasteiger partial charge in [0.25, 0.3) is 0 Å². The zero-order chi connectivity index (χ0) is 32.0. The summed E-state index contributed by atoms with van der Waals surface area (Å²) in [6, 6.07) is 6.86. The van der Waals surface area contributed by atoms with Gasteiger partial charge in [0.2, 0.25) is 11.8 Å². The third kappa shape index (κ3) is 6.07. The minimum Gasteiger partial charge on any atom is -0.486 e. The number of aliphatic hydroxyl groups excluding tert-OH is 2. The fourth-order valence-electron chi connectivity index (χ4n) is 9.58. The minimum absolute atomic E-state index is 0.0317. The summed E-state index contributed by atoms with van der Waals surface area (Å²) >= 11 is 0. The van der Waals surface area contributed by atoms with Crippen molar-refractivity contribution in [1.29, 1.82) is 0 Å². The molecule has 5 aliphatic carbocycles. The van der Waals surface area contributed by atoms with E-state index < -0.39 is 24.2 Å². The van der Waals surface area contributed by atoms with Crippen molar-refractivity contribution in [2.75, 3.05) is 26.3 Å². The summed E-state index contributed by atoms with van der Waals surface area (Å²) in [4.78, 5) is 29.8. The molecule has 0 spiro atoms. The van der Waals surface area contributed by atoms with Gasteiger partial charge in [0.15, 0.2) is 0 Å². The second-order valence-electron chi connectivity index (χ2n) is 15.6. The summed E-state index contributed by atoms with van der Waals surface area (Å²) in [6.07, 6.45) is 6.76. The Kier molecular flexibility index (Phi) is 9.39. The number of nitrogens with one attached hydrogen (secondary N) is 1. The lowest BCUT2D eigenvalue weighted by Crippen LogP contribution is -2.60. The Morgan fingerprint density at radius 3 is 2.62 bits per heavy atom. The molecule has 6 aliphatic rings. The summed E-state index contributed by atoms with van der Waals surface area (Å²) in [5, 5.41) is 24.3. The number of nitrogens with zero attached hydrogens (tertiary/aromatic N) is 1. The molecule has 4 fully saturated rings. The van der Waals surface area contributed by atoms with Crippen LogP contribution in [0.3, 0.4) is 0 Å². The van der Waals surface area contributed by atoms with Gasteiger partial charge in [-0.1, -0.05) is 59.2 Å². The summed E-state index contributed by atoms with van der Waals surface area (Å²) in [7, 11) is 0. The number of hydrogen-bond donors (Lipinski definition) is 3. The first-order chi connectivity index (χ1) is 21.5. The molecule has 0 radical (unpaired) electrons. The molecule has 2 bridgehead atoms. The van der Waals surface area contributed by atoms with Gasteiger partial charge in [-0.25, -0.2) is 0 Å². The molecule has 0 saturated heterocycles. The normalized spacial score (nSPS) is 36.2. The molecular weight excluding hydrogens is 568 g/mol. The number of aliphatic hydroxyl groups is 2. The molecule has 8 nitrogen and oxygen atoms in total. The lowest BCUT2D eigenvalue weighted by atomic mass is 9.45. The van der Waals surface area contributed by atoms with Crippen LogP contribution >= 0.6 is 0 Å². The number of amides is 2. The van der Waals surface area contributed by atoms with Crippen molar-refractivity contribution in [2.24, 2.45) is 40.9 Å². The van der Waals surface area contributed by atoms with Crippen LogP contribution in [0.25, 0.3) is 0 Å². The van der Waals surface area contributed by atoms with E-state index in [0.29, 0.717) is 47.5 Å². The van der Waals surface area contributed by atoms with Crippen molar-refractivity contribution in [2.45, 2.75) is 103 Å². The molecule has 1 aromatic carbocycles. The van der Waals surface area contributed by atoms with Gasteiger partial charge in [-0.3, -0.25) is 9.59 Å². The molecule has 4 saturated carbocycles. The first-order valence-corrected chi connectivity index (χ1v) is 17.5. The number of para-hydroxylation sites is 1. The van der Waals surface area contributed by atoms with E-state index in [4.69, 9.17) is 9.47 Å². The van der Waals surface area contributed by atoms with Gasteiger partial charge in [0.1, 0.15) is 24.6 Å². The maximum absolute atomic E-state index is 14.4. The number of carbonyl (C=O) groups excluding carboxylic acids is 2. The topological polar surface area (TPSA) is 108 Å². The Morgan fingerprint density at radius 2 is 1.91 bits per heavy atom. The van der Waals surface area contributed by atoms with E-state index in [-0.39, 0.29) is 43.1 Å². The Bertz CT molecular complexity index is 1280. The van der Waals surface area contributed by atoms with Crippen LogP contribution in [0.15, 0.2) is 35.9 Å². The van der Waals surface area contributed by atoms with E-state index in [1.165, 1.54) is 12.8 Å². The van der Waals surface area contributed by atoms with Crippen LogP contribution < -0.4 is 10.1 Å². The predicted octanol–water partition coefficient (Wildman–Crippen LogP) is 4.69. The SMILES string of the molecule is CC(C)[C@H]1CC[C@H](C)C[C@@H]1OCC(=O)N(C[C@@H]1CC[C@H]2C[C@@H]1C2(C)C)[C@@H]1C=C(C(=O)NCCO)[C@@H]2c3ccccc3O[C@@H]2[C@H]1O. The standard InChI is InChI=1S/C37H54N2O6/c1-21(2)25-13-10-22(3)16-31(25)44-20-32(41)39(19-23-11-12-24-17-28(23)37(24,4)5)29-18-27(36(43)38-14-15-40)33-26-8-6-7-9-30(26)45-35(33)34(29)42/h6-9,18,21-25,28-29,31,33-35,40,42H,10-17,19-20H2,1-5H3,(H,38,43)/t22-,23-,24-,25+,28-,29+,31-,33-,34-,35-/m0/s1. The van der Waals surface area contributed by atoms with Crippen LogP contribution in [0, 0.1) is 40.9 Å². The molecule has 1 heterocycles. The largest absolute Gasteiger partial charge is 0.486 e. The van der Waals surface area contributed by atoms with Crippen molar-refractivity contribution in [3.05, 3.63) is 41.5 Å². The van der Waals surface area contributed by atoms with Crippen LogP contribution in [0.4, 0.5) is 0 Å². The third-order valence-electron chi connectivity index (χ3n) is 12.4. The number of rotatable bonds is 10. The van der Waals surface area contributed by atoms with E-state index in [1.54, 1.807) is 6.08 Å².